The summed E-state index contributed by atoms with van der Waals surface area (Å²) in [6, 6.07) is 18.6. The predicted octanol–water partition coefficient (Wildman–Crippen LogP) is 6.49. The second kappa shape index (κ2) is 12.7. The number of hydrogen-bond acceptors (Lipinski definition) is 4. The van der Waals surface area contributed by atoms with Crippen molar-refractivity contribution in [1.29, 1.82) is 0 Å². The Morgan fingerprint density at radius 2 is 1.32 bits per heavy atom. The third-order valence-electron chi connectivity index (χ3n) is 6.70. The van der Waals surface area contributed by atoms with Gasteiger partial charge < -0.3 is 24.8 Å². The van der Waals surface area contributed by atoms with Gasteiger partial charge in [0.2, 0.25) is 0 Å². The molecule has 6 nitrogen and oxygen atoms in total. The van der Waals surface area contributed by atoms with E-state index in [0.717, 1.165) is 17.7 Å². The Hall–Kier alpha value is -3.93. The van der Waals surface area contributed by atoms with Crippen molar-refractivity contribution in [3.8, 4) is 11.5 Å². The molecule has 1 aliphatic heterocycles. The molecule has 2 N–H and O–H groups in total. The summed E-state index contributed by atoms with van der Waals surface area (Å²) >= 11 is 0. The minimum atomic E-state index is -4.97. The fraction of sp³-hybridized carbons (Fsp3) is 0.345. The molecule has 1 fully saturated rings. The maximum absolute atomic E-state index is 13.1. The topological polar surface area (TPSA) is 68.8 Å². The molecule has 0 aromatic heterocycles. The Labute approximate surface area is 232 Å². The molecule has 3 aromatic rings. The number of carbonyl (C=O) groups excluding carboxylic acids is 1. The molecule has 220 valence electrons. The summed E-state index contributed by atoms with van der Waals surface area (Å²) in [7, 11) is 0. The lowest BCUT2D eigenvalue weighted by Gasteiger charge is -2.36. The highest BCUT2D eigenvalue weighted by molar-refractivity contribution is 5.74. The van der Waals surface area contributed by atoms with E-state index >= 15 is 0 Å². The van der Waals surface area contributed by atoms with E-state index in [2.05, 4.69) is 20.1 Å². The number of urea groups is 1. The largest absolute Gasteiger partial charge is 0.573 e. The van der Waals surface area contributed by atoms with Crippen LogP contribution in [0.15, 0.2) is 78.9 Å². The van der Waals surface area contributed by atoms with Gasteiger partial charge in [-0.1, -0.05) is 54.6 Å². The first-order valence-electron chi connectivity index (χ1n) is 12.8. The molecule has 0 bridgehead atoms. The lowest BCUT2D eigenvalue weighted by Crippen LogP contribution is -2.49. The fourth-order valence-corrected chi connectivity index (χ4v) is 4.87. The monoisotopic (exact) mass is 582 g/mol. The van der Waals surface area contributed by atoms with E-state index in [1.165, 1.54) is 24.3 Å². The van der Waals surface area contributed by atoms with E-state index in [1.807, 2.05) is 0 Å². The van der Waals surface area contributed by atoms with Gasteiger partial charge in [-0.15, -0.1) is 26.3 Å². The molecule has 2 amide bonds. The van der Waals surface area contributed by atoms with E-state index in [0.29, 0.717) is 26.1 Å². The predicted molar refractivity (Wildman–Crippen MR) is 138 cm³/mol. The number of nitrogens with one attached hydrogen (secondary N) is 2. The number of benzene rings is 3. The summed E-state index contributed by atoms with van der Waals surface area (Å²) in [6.07, 6.45) is -8.62. The summed E-state index contributed by atoms with van der Waals surface area (Å²) in [6.45, 7) is 0.795. The lowest BCUT2D eigenvalue weighted by atomic mass is 9.70. The third kappa shape index (κ3) is 8.78. The van der Waals surface area contributed by atoms with Crippen LogP contribution in [0.1, 0.15) is 29.5 Å². The van der Waals surface area contributed by atoms with Crippen molar-refractivity contribution in [3.05, 3.63) is 95.6 Å². The van der Waals surface area contributed by atoms with Crippen LogP contribution in [0.25, 0.3) is 0 Å². The van der Waals surface area contributed by atoms with Crippen molar-refractivity contribution >= 4 is 6.03 Å². The van der Waals surface area contributed by atoms with Crippen LogP contribution in [0.2, 0.25) is 0 Å². The zero-order valence-corrected chi connectivity index (χ0v) is 21.7. The number of carbonyl (C=O) groups is 1. The van der Waals surface area contributed by atoms with Crippen LogP contribution < -0.4 is 20.1 Å². The first-order valence-corrected chi connectivity index (χ1v) is 12.8. The highest BCUT2D eigenvalue weighted by Gasteiger charge is 2.38. The molecule has 12 heteroatoms. The van der Waals surface area contributed by atoms with Crippen molar-refractivity contribution in [2.45, 2.75) is 43.4 Å². The maximum Gasteiger partial charge on any atom is 0.573 e. The number of hydrogen-bond donors (Lipinski definition) is 2. The second-order valence-electron chi connectivity index (χ2n) is 9.61. The van der Waals surface area contributed by atoms with Gasteiger partial charge in [0.1, 0.15) is 11.5 Å². The molecule has 3 aromatic carbocycles. The van der Waals surface area contributed by atoms with Crippen LogP contribution in [0.3, 0.4) is 0 Å². The summed E-state index contributed by atoms with van der Waals surface area (Å²) in [5.74, 6) is -1.02. The van der Waals surface area contributed by atoms with E-state index in [4.69, 9.17) is 4.74 Å². The molecule has 1 saturated heterocycles. The average molecular weight is 583 g/mol. The van der Waals surface area contributed by atoms with Crippen molar-refractivity contribution in [3.63, 3.8) is 0 Å². The molecule has 1 heterocycles. The number of ether oxygens (including phenoxy) is 3. The molecule has 0 atom stereocenters. The molecular formula is C29H28F6N2O4. The molecule has 0 radical (unpaired) electrons. The fourth-order valence-electron chi connectivity index (χ4n) is 4.87. The van der Waals surface area contributed by atoms with Crippen molar-refractivity contribution in [2.75, 3.05) is 19.8 Å². The van der Waals surface area contributed by atoms with E-state index < -0.39 is 35.7 Å². The van der Waals surface area contributed by atoms with E-state index in [-0.39, 0.29) is 30.1 Å². The smallest absolute Gasteiger partial charge is 0.406 e. The quantitative estimate of drug-likeness (QED) is 0.283. The molecule has 41 heavy (non-hydrogen) atoms. The van der Waals surface area contributed by atoms with Gasteiger partial charge >= 0.3 is 18.8 Å². The van der Waals surface area contributed by atoms with E-state index in [1.54, 1.807) is 42.5 Å². The van der Waals surface area contributed by atoms with Crippen LogP contribution in [0, 0.1) is 0 Å². The molecule has 0 aliphatic carbocycles. The van der Waals surface area contributed by atoms with Crippen LogP contribution in [-0.4, -0.2) is 44.6 Å². The Morgan fingerprint density at radius 3 is 1.83 bits per heavy atom. The normalized spacial score (nSPS) is 14.8. The van der Waals surface area contributed by atoms with Gasteiger partial charge in [-0.25, -0.2) is 4.79 Å². The van der Waals surface area contributed by atoms with Crippen LogP contribution in [-0.2, 0) is 16.6 Å². The third-order valence-corrected chi connectivity index (χ3v) is 6.70. The number of amides is 2. The molecule has 0 spiro atoms. The van der Waals surface area contributed by atoms with Crippen LogP contribution >= 0.6 is 0 Å². The molecule has 4 rings (SSSR count). The minimum Gasteiger partial charge on any atom is -0.406 e. The molecule has 1 aliphatic rings. The van der Waals surface area contributed by atoms with Gasteiger partial charge in [0.25, 0.3) is 0 Å². The Kier molecular flexibility index (Phi) is 9.31. The highest BCUT2D eigenvalue weighted by Crippen LogP contribution is 2.40. The molecule has 0 unspecified atom stereocenters. The first kappa shape index (κ1) is 30.0. The van der Waals surface area contributed by atoms with Crippen molar-refractivity contribution in [2.24, 2.45) is 0 Å². The maximum atomic E-state index is 13.1. The molecule has 0 saturated carbocycles. The van der Waals surface area contributed by atoms with Gasteiger partial charge in [0, 0.05) is 31.2 Å². The van der Waals surface area contributed by atoms with E-state index in [9.17, 15) is 31.1 Å². The SMILES string of the molecule is O=C(NCC(Cc1ccccc1)(c1cccc(OC(F)(F)F)c1)c1cccc(OC(F)(F)F)c1)NC1CCOCC1. The zero-order valence-electron chi connectivity index (χ0n) is 21.7. The van der Waals surface area contributed by atoms with Gasteiger partial charge in [-0.2, -0.15) is 0 Å². The Balaban J connectivity index is 1.79. The van der Waals surface area contributed by atoms with Gasteiger partial charge in [-0.3, -0.25) is 0 Å². The van der Waals surface area contributed by atoms with Gasteiger partial charge in [-0.05, 0) is 60.2 Å². The summed E-state index contributed by atoms with van der Waals surface area (Å²) in [5.41, 5.74) is -0.0645. The van der Waals surface area contributed by atoms with Crippen LogP contribution in [0.5, 0.6) is 11.5 Å². The van der Waals surface area contributed by atoms with Crippen molar-refractivity contribution < 1.29 is 45.3 Å². The average Bonchev–Trinajstić information content (AvgIpc) is 2.91. The van der Waals surface area contributed by atoms with Gasteiger partial charge in [0.05, 0.1) is 0 Å². The Bertz CT molecular complexity index is 1230. The minimum absolute atomic E-state index is 0.107. The zero-order chi connectivity index (χ0) is 29.5. The number of alkyl halides is 6. The number of rotatable bonds is 9. The lowest BCUT2D eigenvalue weighted by molar-refractivity contribution is -0.275. The van der Waals surface area contributed by atoms with Crippen LogP contribution in [0.4, 0.5) is 31.1 Å². The Morgan fingerprint density at radius 1 is 0.780 bits per heavy atom. The first-order chi connectivity index (χ1) is 19.4. The summed E-state index contributed by atoms with van der Waals surface area (Å²) < 4.78 is 92.3. The van der Waals surface area contributed by atoms with Crippen molar-refractivity contribution in [1.82, 2.24) is 10.6 Å². The van der Waals surface area contributed by atoms with Gasteiger partial charge in [0.15, 0.2) is 0 Å². The highest BCUT2D eigenvalue weighted by atomic mass is 19.4. The number of halogens is 6. The standard InChI is InChI=1S/C29H28F6N2O4/c30-28(31,32)40-24-10-4-8-21(16-24)27(18-20-6-2-1-3-7-20,19-36-26(38)37-23-12-14-39-15-13-23)22-9-5-11-25(17-22)41-29(33,34)35/h1-11,16-17,23H,12-15,18-19H2,(H2,36,37,38). The summed E-state index contributed by atoms with van der Waals surface area (Å²) in [4.78, 5) is 13.0. The molecular weight excluding hydrogens is 554 g/mol. The summed E-state index contributed by atoms with van der Waals surface area (Å²) in [5, 5.41) is 5.67. The second-order valence-corrected chi connectivity index (χ2v) is 9.61.